The maximum atomic E-state index is 12.7. The largest absolute Gasteiger partial charge is 0.484 e. The number of amides is 1. The molecule has 4 rings (SSSR count). The summed E-state index contributed by atoms with van der Waals surface area (Å²) in [4.78, 5) is 21.4. The Morgan fingerprint density at radius 1 is 1.15 bits per heavy atom. The zero-order valence-electron chi connectivity index (χ0n) is 14.6. The third kappa shape index (κ3) is 3.63. The van der Waals surface area contributed by atoms with E-state index in [9.17, 15) is 4.79 Å². The molecule has 2 aromatic rings. The lowest BCUT2D eigenvalue weighted by atomic mass is 9.92. The van der Waals surface area contributed by atoms with Crippen molar-refractivity contribution in [3.05, 3.63) is 53.7 Å². The molecule has 1 amide bonds. The van der Waals surface area contributed by atoms with E-state index in [1.54, 1.807) is 6.20 Å². The molecule has 2 aliphatic heterocycles. The molecule has 26 heavy (non-hydrogen) atoms. The first kappa shape index (κ1) is 17.2. The van der Waals surface area contributed by atoms with Crippen molar-refractivity contribution in [3.63, 3.8) is 0 Å². The Morgan fingerprint density at radius 3 is 2.73 bits per heavy atom. The number of benzene rings is 1. The van der Waals surface area contributed by atoms with Crippen LogP contribution < -0.4 is 9.64 Å². The monoisotopic (exact) mass is 371 g/mol. The van der Waals surface area contributed by atoms with E-state index in [0.717, 1.165) is 44.0 Å². The number of hydrogen-bond donors (Lipinski definition) is 0. The molecule has 2 fully saturated rings. The van der Waals surface area contributed by atoms with Gasteiger partial charge in [0, 0.05) is 25.8 Å². The van der Waals surface area contributed by atoms with Crippen LogP contribution in [0.25, 0.3) is 0 Å². The van der Waals surface area contributed by atoms with Crippen molar-refractivity contribution in [3.8, 4) is 5.75 Å². The van der Waals surface area contributed by atoms with E-state index >= 15 is 0 Å². The van der Waals surface area contributed by atoms with Gasteiger partial charge in [0.15, 0.2) is 6.61 Å². The molecule has 136 valence electrons. The molecule has 0 spiro atoms. The summed E-state index contributed by atoms with van der Waals surface area (Å²) in [5, 5.41) is 0.638. The number of pyridine rings is 1. The molecule has 2 saturated heterocycles. The van der Waals surface area contributed by atoms with Gasteiger partial charge in [0.05, 0.1) is 11.1 Å². The Labute approximate surface area is 158 Å². The Kier molecular flexibility index (Phi) is 4.98. The number of carbonyl (C=O) groups is 1. The second-order valence-corrected chi connectivity index (χ2v) is 7.31. The normalized spacial score (nSPS) is 22.2. The summed E-state index contributed by atoms with van der Waals surface area (Å²) in [5.74, 6) is 2.28. The van der Waals surface area contributed by atoms with Crippen molar-refractivity contribution >= 4 is 23.3 Å². The number of carbonyl (C=O) groups excluding carboxylic acids is 1. The molecule has 0 radical (unpaired) electrons. The summed E-state index contributed by atoms with van der Waals surface area (Å²) in [6.07, 6.45) is 3.83. The summed E-state index contributed by atoms with van der Waals surface area (Å²) in [7, 11) is 0. The number of anilines is 1. The van der Waals surface area contributed by atoms with E-state index in [-0.39, 0.29) is 18.6 Å². The van der Waals surface area contributed by atoms with Gasteiger partial charge in [0.2, 0.25) is 0 Å². The number of ether oxygens (including phenoxy) is 1. The van der Waals surface area contributed by atoms with Crippen molar-refractivity contribution in [1.82, 2.24) is 9.88 Å². The lowest BCUT2D eigenvalue weighted by Crippen LogP contribution is -2.51. The van der Waals surface area contributed by atoms with Crippen LogP contribution in [0.3, 0.4) is 0 Å². The molecule has 0 saturated carbocycles. The number of likely N-dealkylation sites (tertiary alicyclic amines) is 1. The molecular weight excluding hydrogens is 350 g/mol. The molecule has 2 aliphatic rings. The van der Waals surface area contributed by atoms with Crippen LogP contribution in [0, 0.1) is 5.92 Å². The quantitative estimate of drug-likeness (QED) is 0.827. The van der Waals surface area contributed by atoms with Crippen molar-refractivity contribution < 1.29 is 9.53 Å². The van der Waals surface area contributed by atoms with Gasteiger partial charge in [0.25, 0.3) is 5.91 Å². The summed E-state index contributed by atoms with van der Waals surface area (Å²) >= 11 is 5.94. The molecule has 1 aromatic carbocycles. The van der Waals surface area contributed by atoms with Gasteiger partial charge in [0.1, 0.15) is 11.6 Å². The summed E-state index contributed by atoms with van der Waals surface area (Å²) in [5.41, 5.74) is 0. The molecule has 0 aliphatic carbocycles. The molecule has 1 aromatic heterocycles. The zero-order chi connectivity index (χ0) is 17.9. The fourth-order valence-corrected chi connectivity index (χ4v) is 4.07. The number of para-hydroxylation sites is 1. The van der Waals surface area contributed by atoms with Crippen LogP contribution in [0.5, 0.6) is 5.75 Å². The third-order valence-corrected chi connectivity index (χ3v) is 5.55. The molecular formula is C20H22ClN3O2. The highest BCUT2D eigenvalue weighted by atomic mass is 35.5. The van der Waals surface area contributed by atoms with Gasteiger partial charge in [-0.15, -0.1) is 0 Å². The molecule has 5 nitrogen and oxygen atoms in total. The van der Waals surface area contributed by atoms with Crippen LogP contribution in [-0.2, 0) is 4.79 Å². The molecule has 0 bridgehead atoms. The number of piperidine rings is 1. The molecule has 2 atom stereocenters. The fraction of sp³-hybridized carbons (Fsp3) is 0.400. The number of aromatic nitrogens is 1. The fourth-order valence-electron chi connectivity index (χ4n) is 3.96. The van der Waals surface area contributed by atoms with Gasteiger partial charge in [-0.25, -0.2) is 4.98 Å². The van der Waals surface area contributed by atoms with Crippen LogP contribution in [0.4, 0.5) is 5.82 Å². The van der Waals surface area contributed by atoms with E-state index in [1.807, 2.05) is 47.4 Å². The minimum absolute atomic E-state index is 0.0623. The second kappa shape index (κ2) is 7.54. The van der Waals surface area contributed by atoms with Crippen molar-refractivity contribution in [1.29, 1.82) is 0 Å². The van der Waals surface area contributed by atoms with E-state index in [0.29, 0.717) is 10.9 Å². The minimum atomic E-state index is 0.0623. The zero-order valence-corrected chi connectivity index (χ0v) is 15.3. The lowest BCUT2D eigenvalue weighted by Gasteiger charge is -2.39. The van der Waals surface area contributed by atoms with Crippen LogP contribution in [0.2, 0.25) is 5.02 Å². The van der Waals surface area contributed by atoms with E-state index in [2.05, 4.69) is 9.88 Å². The first-order valence-corrected chi connectivity index (χ1v) is 9.42. The summed E-state index contributed by atoms with van der Waals surface area (Å²) in [6, 6.07) is 13.5. The first-order valence-electron chi connectivity index (χ1n) is 9.04. The van der Waals surface area contributed by atoms with Gasteiger partial charge >= 0.3 is 0 Å². The SMILES string of the molecule is O=C(COc1ccccc1)N1CCC2CCN(c3ccc(Cl)cn3)CC21. The smallest absolute Gasteiger partial charge is 0.260 e. The summed E-state index contributed by atoms with van der Waals surface area (Å²) in [6.45, 7) is 2.69. The van der Waals surface area contributed by atoms with Crippen LogP contribution >= 0.6 is 11.6 Å². The summed E-state index contributed by atoms with van der Waals surface area (Å²) < 4.78 is 5.65. The average Bonchev–Trinajstić information content (AvgIpc) is 3.11. The molecule has 6 heteroatoms. The second-order valence-electron chi connectivity index (χ2n) is 6.87. The van der Waals surface area contributed by atoms with Crippen molar-refractivity contribution in [2.75, 3.05) is 31.1 Å². The van der Waals surface area contributed by atoms with Gasteiger partial charge in [-0.1, -0.05) is 29.8 Å². The Hall–Kier alpha value is -2.27. The maximum Gasteiger partial charge on any atom is 0.260 e. The maximum absolute atomic E-state index is 12.7. The van der Waals surface area contributed by atoms with Gasteiger partial charge in [-0.3, -0.25) is 4.79 Å². The van der Waals surface area contributed by atoms with E-state index in [4.69, 9.17) is 16.3 Å². The van der Waals surface area contributed by atoms with Crippen LogP contribution in [0.15, 0.2) is 48.7 Å². The number of fused-ring (bicyclic) bond motifs is 1. The standard InChI is InChI=1S/C20H22ClN3O2/c21-16-6-7-19(22-12-16)23-10-8-15-9-11-24(18(15)13-23)20(25)14-26-17-4-2-1-3-5-17/h1-7,12,15,18H,8-11,13-14H2. The molecule has 0 N–H and O–H groups in total. The van der Waals surface area contributed by atoms with Gasteiger partial charge < -0.3 is 14.5 Å². The average molecular weight is 372 g/mol. The van der Waals surface area contributed by atoms with Crippen LogP contribution in [0.1, 0.15) is 12.8 Å². The Balaban J connectivity index is 1.40. The number of hydrogen-bond acceptors (Lipinski definition) is 4. The third-order valence-electron chi connectivity index (χ3n) is 5.32. The van der Waals surface area contributed by atoms with E-state index < -0.39 is 0 Å². The predicted molar refractivity (Wildman–Crippen MR) is 102 cm³/mol. The highest BCUT2D eigenvalue weighted by Gasteiger charge is 2.40. The van der Waals surface area contributed by atoms with Crippen molar-refractivity contribution in [2.45, 2.75) is 18.9 Å². The van der Waals surface area contributed by atoms with Gasteiger partial charge in [-0.2, -0.15) is 0 Å². The number of halogens is 1. The first-order chi connectivity index (χ1) is 12.7. The van der Waals surface area contributed by atoms with Crippen LogP contribution in [-0.4, -0.2) is 48.1 Å². The molecule has 3 heterocycles. The minimum Gasteiger partial charge on any atom is -0.484 e. The Bertz CT molecular complexity index is 753. The Morgan fingerprint density at radius 2 is 1.96 bits per heavy atom. The number of rotatable bonds is 4. The predicted octanol–water partition coefficient (Wildman–Crippen LogP) is 3.24. The highest BCUT2D eigenvalue weighted by molar-refractivity contribution is 6.30. The highest BCUT2D eigenvalue weighted by Crippen LogP contribution is 2.33. The molecule has 2 unspecified atom stereocenters. The topological polar surface area (TPSA) is 45.7 Å². The number of nitrogens with zero attached hydrogens (tertiary/aromatic N) is 3. The van der Waals surface area contributed by atoms with E-state index in [1.165, 1.54) is 0 Å². The lowest BCUT2D eigenvalue weighted by molar-refractivity contribution is -0.134. The van der Waals surface area contributed by atoms with Crippen molar-refractivity contribution in [2.24, 2.45) is 5.92 Å². The van der Waals surface area contributed by atoms with Gasteiger partial charge in [-0.05, 0) is 43.0 Å².